The number of benzene rings is 1. The number of hydrogen-bond acceptors (Lipinski definition) is 2. The van der Waals surface area contributed by atoms with Crippen molar-refractivity contribution in [2.24, 2.45) is 4.99 Å². The molecule has 1 amide bonds. The number of hydrogen-bond donors (Lipinski definition) is 3. The van der Waals surface area contributed by atoms with Crippen molar-refractivity contribution in [3.63, 3.8) is 0 Å². The fourth-order valence-electron chi connectivity index (χ4n) is 1.98. The van der Waals surface area contributed by atoms with Gasteiger partial charge < -0.3 is 16.0 Å². The monoisotopic (exact) mass is 304 g/mol. The van der Waals surface area contributed by atoms with Crippen LogP contribution in [-0.2, 0) is 11.3 Å². The van der Waals surface area contributed by atoms with Crippen LogP contribution in [0.3, 0.4) is 0 Å². The molecule has 0 fully saturated rings. The van der Waals surface area contributed by atoms with Gasteiger partial charge in [-0.3, -0.25) is 9.79 Å². The van der Waals surface area contributed by atoms with Crippen molar-refractivity contribution < 1.29 is 4.79 Å². The molecule has 0 spiro atoms. The van der Waals surface area contributed by atoms with Crippen LogP contribution in [0, 0.1) is 0 Å². The molecule has 122 valence electrons. The van der Waals surface area contributed by atoms with E-state index in [0.29, 0.717) is 19.5 Å². The number of guanidine groups is 1. The Morgan fingerprint density at radius 2 is 1.77 bits per heavy atom. The van der Waals surface area contributed by atoms with E-state index >= 15 is 0 Å². The first kappa shape index (κ1) is 18.0. The minimum atomic E-state index is 0.0396. The van der Waals surface area contributed by atoms with Gasteiger partial charge in [0.2, 0.25) is 5.91 Å². The van der Waals surface area contributed by atoms with E-state index in [-0.39, 0.29) is 5.91 Å². The van der Waals surface area contributed by atoms with Gasteiger partial charge in [0, 0.05) is 33.1 Å². The van der Waals surface area contributed by atoms with Gasteiger partial charge in [-0.15, -0.1) is 0 Å². The highest BCUT2D eigenvalue weighted by Gasteiger charge is 2.02. The van der Waals surface area contributed by atoms with Crippen molar-refractivity contribution in [1.82, 2.24) is 16.0 Å². The quantitative estimate of drug-likeness (QED) is 0.372. The molecule has 3 N–H and O–H groups in total. The lowest BCUT2D eigenvalue weighted by molar-refractivity contribution is -0.121. The smallest absolute Gasteiger partial charge is 0.222 e. The van der Waals surface area contributed by atoms with E-state index in [0.717, 1.165) is 24.5 Å². The second-order valence-corrected chi connectivity index (χ2v) is 5.15. The van der Waals surface area contributed by atoms with Crippen LogP contribution in [0.5, 0.6) is 0 Å². The van der Waals surface area contributed by atoms with Crippen molar-refractivity contribution in [3.05, 3.63) is 35.9 Å². The maximum absolute atomic E-state index is 11.8. The summed E-state index contributed by atoms with van der Waals surface area (Å²) in [6, 6.07) is 9.91. The molecule has 0 aliphatic rings. The average Bonchev–Trinajstić information content (AvgIpc) is 2.56. The summed E-state index contributed by atoms with van der Waals surface area (Å²) < 4.78 is 0. The second kappa shape index (κ2) is 11.6. The highest BCUT2D eigenvalue weighted by atomic mass is 16.1. The molecular weight excluding hydrogens is 276 g/mol. The van der Waals surface area contributed by atoms with E-state index in [1.54, 1.807) is 7.05 Å². The van der Waals surface area contributed by atoms with E-state index in [2.05, 4.69) is 27.9 Å². The van der Waals surface area contributed by atoms with Crippen LogP contribution in [0.4, 0.5) is 0 Å². The lowest BCUT2D eigenvalue weighted by Gasteiger charge is -2.11. The minimum absolute atomic E-state index is 0.0396. The maximum Gasteiger partial charge on any atom is 0.222 e. The van der Waals surface area contributed by atoms with Crippen LogP contribution in [0.25, 0.3) is 0 Å². The number of aliphatic imine (C=N–C) groups is 1. The summed E-state index contributed by atoms with van der Waals surface area (Å²) in [6.07, 6.45) is 3.98. The van der Waals surface area contributed by atoms with Gasteiger partial charge in [0.1, 0.15) is 0 Å². The largest absolute Gasteiger partial charge is 0.356 e. The standard InChI is InChI=1S/C17H28N4O/c1-3-4-8-12-19-17(18-2)20-13-11-16(22)21-14-15-9-6-5-7-10-15/h5-7,9-10H,3-4,8,11-14H2,1-2H3,(H,21,22)(H2,18,19,20). The fourth-order valence-corrected chi connectivity index (χ4v) is 1.98. The second-order valence-electron chi connectivity index (χ2n) is 5.15. The molecule has 22 heavy (non-hydrogen) atoms. The number of amides is 1. The number of carbonyl (C=O) groups is 1. The highest BCUT2D eigenvalue weighted by Crippen LogP contribution is 1.97. The molecule has 1 rings (SSSR count). The minimum Gasteiger partial charge on any atom is -0.356 e. The molecule has 0 unspecified atom stereocenters. The molecular formula is C17H28N4O. The zero-order chi connectivity index (χ0) is 16.0. The molecule has 1 aromatic rings. The van der Waals surface area contributed by atoms with E-state index < -0.39 is 0 Å². The van der Waals surface area contributed by atoms with Crippen LogP contribution in [0.2, 0.25) is 0 Å². The van der Waals surface area contributed by atoms with E-state index in [4.69, 9.17) is 0 Å². The zero-order valence-corrected chi connectivity index (χ0v) is 13.7. The predicted octanol–water partition coefficient (Wildman–Crippen LogP) is 2.05. The molecule has 5 heteroatoms. The summed E-state index contributed by atoms with van der Waals surface area (Å²) in [4.78, 5) is 15.9. The molecule has 0 aliphatic heterocycles. The fraction of sp³-hybridized carbons (Fsp3) is 0.529. The molecule has 0 radical (unpaired) electrons. The SMILES string of the molecule is CCCCCNC(=NC)NCCC(=O)NCc1ccccc1. The van der Waals surface area contributed by atoms with Crippen LogP contribution in [0.1, 0.15) is 38.2 Å². The Morgan fingerprint density at radius 3 is 2.45 bits per heavy atom. The summed E-state index contributed by atoms with van der Waals surface area (Å²) >= 11 is 0. The van der Waals surface area contributed by atoms with Gasteiger partial charge in [0.25, 0.3) is 0 Å². The van der Waals surface area contributed by atoms with Crippen LogP contribution in [-0.4, -0.2) is 32.0 Å². The van der Waals surface area contributed by atoms with Crippen molar-refractivity contribution >= 4 is 11.9 Å². The Kier molecular flexibility index (Phi) is 9.50. The van der Waals surface area contributed by atoms with Crippen molar-refractivity contribution in [3.8, 4) is 0 Å². The third-order valence-electron chi connectivity index (χ3n) is 3.27. The zero-order valence-electron chi connectivity index (χ0n) is 13.7. The summed E-state index contributed by atoms with van der Waals surface area (Å²) in [5.41, 5.74) is 1.11. The number of rotatable bonds is 9. The lowest BCUT2D eigenvalue weighted by Crippen LogP contribution is -2.39. The van der Waals surface area contributed by atoms with Gasteiger partial charge >= 0.3 is 0 Å². The Balaban J connectivity index is 2.12. The lowest BCUT2D eigenvalue weighted by atomic mass is 10.2. The first-order valence-electron chi connectivity index (χ1n) is 8.01. The van der Waals surface area contributed by atoms with Crippen LogP contribution >= 0.6 is 0 Å². The van der Waals surface area contributed by atoms with Crippen LogP contribution < -0.4 is 16.0 Å². The maximum atomic E-state index is 11.8. The predicted molar refractivity (Wildman–Crippen MR) is 91.8 cm³/mol. The first-order chi connectivity index (χ1) is 10.8. The third kappa shape index (κ3) is 8.29. The molecule has 0 aromatic heterocycles. The molecule has 0 atom stereocenters. The number of nitrogens with one attached hydrogen (secondary N) is 3. The molecule has 0 saturated carbocycles. The number of nitrogens with zero attached hydrogens (tertiary/aromatic N) is 1. The first-order valence-corrected chi connectivity index (χ1v) is 8.01. The normalized spacial score (nSPS) is 11.1. The molecule has 0 aliphatic carbocycles. The van der Waals surface area contributed by atoms with Gasteiger partial charge in [0.05, 0.1) is 0 Å². The summed E-state index contributed by atoms with van der Waals surface area (Å²) in [7, 11) is 1.74. The summed E-state index contributed by atoms with van der Waals surface area (Å²) in [5.74, 6) is 0.796. The van der Waals surface area contributed by atoms with Gasteiger partial charge in [-0.25, -0.2) is 0 Å². The Hall–Kier alpha value is -2.04. The highest BCUT2D eigenvalue weighted by molar-refractivity contribution is 5.81. The van der Waals surface area contributed by atoms with Crippen molar-refractivity contribution in [1.29, 1.82) is 0 Å². The summed E-state index contributed by atoms with van der Waals surface area (Å²) in [6.45, 7) is 4.24. The number of carbonyl (C=O) groups excluding carboxylic acids is 1. The Morgan fingerprint density at radius 1 is 1.05 bits per heavy atom. The van der Waals surface area contributed by atoms with E-state index in [9.17, 15) is 4.79 Å². The number of unbranched alkanes of at least 4 members (excludes halogenated alkanes) is 2. The van der Waals surface area contributed by atoms with E-state index in [1.165, 1.54) is 12.8 Å². The van der Waals surface area contributed by atoms with Crippen molar-refractivity contribution in [2.75, 3.05) is 20.1 Å². The average molecular weight is 304 g/mol. The third-order valence-corrected chi connectivity index (χ3v) is 3.27. The molecule has 1 aromatic carbocycles. The molecule has 0 heterocycles. The van der Waals surface area contributed by atoms with Gasteiger partial charge in [-0.05, 0) is 12.0 Å². The topological polar surface area (TPSA) is 65.5 Å². The molecule has 0 saturated heterocycles. The van der Waals surface area contributed by atoms with Gasteiger partial charge in [0.15, 0.2) is 5.96 Å². The molecule has 5 nitrogen and oxygen atoms in total. The van der Waals surface area contributed by atoms with Gasteiger partial charge in [-0.1, -0.05) is 50.1 Å². The summed E-state index contributed by atoms with van der Waals surface area (Å²) in [5, 5.41) is 9.31. The van der Waals surface area contributed by atoms with Crippen LogP contribution in [0.15, 0.2) is 35.3 Å². The Bertz CT molecular complexity index is 445. The van der Waals surface area contributed by atoms with E-state index in [1.807, 2.05) is 30.3 Å². The van der Waals surface area contributed by atoms with Gasteiger partial charge in [-0.2, -0.15) is 0 Å². The molecule has 0 bridgehead atoms. The van der Waals surface area contributed by atoms with Crippen molar-refractivity contribution in [2.45, 2.75) is 39.2 Å². The Labute approximate surface area is 133 Å².